The molecule has 3 rings (SSSR count). The molecule has 0 amide bonds. The van der Waals surface area contributed by atoms with Crippen LogP contribution >= 0.6 is 11.6 Å². The van der Waals surface area contributed by atoms with E-state index in [9.17, 15) is 0 Å². The molecular weight excluding hydrogens is 288 g/mol. The van der Waals surface area contributed by atoms with Crippen LogP contribution in [0.4, 0.5) is 0 Å². The number of rotatable bonds is 3. The molecule has 7 heteroatoms. The Bertz CT molecular complexity index is 645. The van der Waals surface area contributed by atoms with Crippen molar-refractivity contribution in [3.63, 3.8) is 0 Å². The number of hydrogen-bond donors (Lipinski definition) is 0. The van der Waals surface area contributed by atoms with Gasteiger partial charge in [0.15, 0.2) is 5.65 Å². The number of hydrogen-bond acceptors (Lipinski definition) is 4. The van der Waals surface area contributed by atoms with Crippen LogP contribution in [0.2, 0.25) is 0 Å². The summed E-state index contributed by atoms with van der Waals surface area (Å²) in [4.78, 5) is 9.48. The maximum absolute atomic E-state index is 6.11. The molecule has 2 aromatic rings. The van der Waals surface area contributed by atoms with Crippen molar-refractivity contribution in [3.05, 3.63) is 11.5 Å². The Morgan fingerprint density at radius 1 is 1.24 bits per heavy atom. The number of aromatic nitrogens is 4. The maximum Gasteiger partial charge on any atom is 0.158 e. The van der Waals surface area contributed by atoms with Gasteiger partial charge in [-0.3, -0.25) is 9.58 Å². The van der Waals surface area contributed by atoms with Gasteiger partial charge in [0.25, 0.3) is 0 Å². The van der Waals surface area contributed by atoms with Crippen LogP contribution < -0.4 is 0 Å². The van der Waals surface area contributed by atoms with E-state index in [0.717, 1.165) is 48.9 Å². The Labute approximate surface area is 130 Å². The van der Waals surface area contributed by atoms with Gasteiger partial charge in [0.1, 0.15) is 11.3 Å². The summed E-state index contributed by atoms with van der Waals surface area (Å²) in [5.41, 5.74) is 3.01. The van der Waals surface area contributed by atoms with E-state index in [2.05, 4.69) is 38.5 Å². The summed E-state index contributed by atoms with van der Waals surface area (Å²) in [6.07, 6.45) is 0. The van der Waals surface area contributed by atoms with E-state index in [0.29, 0.717) is 11.9 Å². The molecule has 1 aliphatic heterocycles. The van der Waals surface area contributed by atoms with Gasteiger partial charge in [-0.25, -0.2) is 4.98 Å². The van der Waals surface area contributed by atoms with E-state index >= 15 is 0 Å². The fourth-order valence-corrected chi connectivity index (χ4v) is 3.39. The van der Waals surface area contributed by atoms with Gasteiger partial charge in [-0.05, 0) is 21.0 Å². The molecular formula is C14H23ClN6. The van der Waals surface area contributed by atoms with E-state index in [-0.39, 0.29) is 0 Å². The number of likely N-dealkylation sites (N-methyl/N-ethyl adjacent to an activating group) is 2. The summed E-state index contributed by atoms with van der Waals surface area (Å²) in [6, 6.07) is 0.471. The summed E-state index contributed by atoms with van der Waals surface area (Å²) in [6.45, 7) is 6.18. The molecule has 21 heavy (non-hydrogen) atoms. The summed E-state index contributed by atoms with van der Waals surface area (Å²) in [5.74, 6) is 1.37. The predicted molar refractivity (Wildman–Crippen MR) is 84.7 cm³/mol. The smallest absolute Gasteiger partial charge is 0.158 e. The zero-order valence-corrected chi connectivity index (χ0v) is 13.9. The van der Waals surface area contributed by atoms with Crippen molar-refractivity contribution < 1.29 is 0 Å². The van der Waals surface area contributed by atoms with Gasteiger partial charge in [-0.2, -0.15) is 5.10 Å². The Morgan fingerprint density at radius 2 is 2.00 bits per heavy atom. The highest BCUT2D eigenvalue weighted by Crippen LogP contribution is 2.22. The molecule has 0 aromatic carbocycles. The van der Waals surface area contributed by atoms with E-state index in [1.165, 1.54) is 0 Å². The highest BCUT2D eigenvalue weighted by Gasteiger charge is 2.25. The minimum Gasteiger partial charge on any atom is -0.310 e. The second-order valence-electron chi connectivity index (χ2n) is 6.05. The number of piperazine rings is 1. The lowest BCUT2D eigenvalue weighted by atomic mass is 10.2. The molecule has 0 spiro atoms. The molecule has 1 atom stereocenters. The third kappa shape index (κ3) is 2.56. The molecule has 1 fully saturated rings. The minimum absolute atomic E-state index is 0.431. The van der Waals surface area contributed by atoms with Crippen molar-refractivity contribution >= 4 is 22.8 Å². The van der Waals surface area contributed by atoms with Crippen molar-refractivity contribution in [1.82, 2.24) is 29.1 Å². The maximum atomic E-state index is 6.11. The molecule has 6 nitrogen and oxygen atoms in total. The average molecular weight is 311 g/mol. The van der Waals surface area contributed by atoms with Crippen LogP contribution in [0.15, 0.2) is 0 Å². The highest BCUT2D eigenvalue weighted by molar-refractivity contribution is 6.16. The molecule has 1 aliphatic rings. The first-order chi connectivity index (χ1) is 10.0. The van der Waals surface area contributed by atoms with Crippen LogP contribution in [0, 0.1) is 6.92 Å². The Hall–Kier alpha value is -1.11. The fraction of sp³-hybridized carbons (Fsp3) is 0.714. The first kappa shape index (κ1) is 14.8. The van der Waals surface area contributed by atoms with E-state index in [4.69, 9.17) is 11.6 Å². The quantitative estimate of drug-likeness (QED) is 0.795. The fourth-order valence-electron chi connectivity index (χ4n) is 3.18. The van der Waals surface area contributed by atoms with Crippen LogP contribution in [0.3, 0.4) is 0 Å². The predicted octanol–water partition coefficient (Wildman–Crippen LogP) is 1.06. The van der Waals surface area contributed by atoms with Crippen molar-refractivity contribution in [2.75, 3.05) is 33.7 Å². The van der Waals surface area contributed by atoms with Crippen LogP contribution in [0.1, 0.15) is 11.5 Å². The Kier molecular flexibility index (Phi) is 3.94. The summed E-state index contributed by atoms with van der Waals surface area (Å²) < 4.78 is 4.16. The molecule has 0 N–H and O–H groups in total. The minimum atomic E-state index is 0.431. The zero-order chi connectivity index (χ0) is 15.1. The second-order valence-corrected chi connectivity index (χ2v) is 6.32. The number of halogens is 1. The first-order valence-electron chi connectivity index (χ1n) is 7.34. The van der Waals surface area contributed by atoms with Crippen LogP contribution in [0.25, 0.3) is 11.2 Å². The van der Waals surface area contributed by atoms with Crippen LogP contribution in [0.5, 0.6) is 0 Å². The second kappa shape index (κ2) is 5.59. The first-order valence-corrected chi connectivity index (χ1v) is 7.88. The molecule has 2 aromatic heterocycles. The molecule has 0 bridgehead atoms. The van der Waals surface area contributed by atoms with Gasteiger partial charge < -0.3 is 9.47 Å². The lowest BCUT2D eigenvalue weighted by Gasteiger charge is -2.38. The molecule has 1 saturated heterocycles. The lowest BCUT2D eigenvalue weighted by Crippen LogP contribution is -2.51. The monoisotopic (exact) mass is 310 g/mol. The Morgan fingerprint density at radius 3 is 2.71 bits per heavy atom. The van der Waals surface area contributed by atoms with Gasteiger partial charge in [0.2, 0.25) is 0 Å². The number of aryl methyl sites for hydroxylation is 2. The van der Waals surface area contributed by atoms with Gasteiger partial charge in [-0.1, -0.05) is 0 Å². The van der Waals surface area contributed by atoms with Crippen molar-refractivity contribution in [3.8, 4) is 0 Å². The van der Waals surface area contributed by atoms with Crippen LogP contribution in [-0.4, -0.2) is 68.9 Å². The summed E-state index contributed by atoms with van der Waals surface area (Å²) >= 11 is 6.11. The molecule has 0 radical (unpaired) electrons. The van der Waals surface area contributed by atoms with Gasteiger partial charge >= 0.3 is 0 Å². The Balaban J connectivity index is 1.99. The normalized spacial score (nSPS) is 21.5. The van der Waals surface area contributed by atoms with E-state index < -0.39 is 0 Å². The van der Waals surface area contributed by atoms with E-state index in [1.807, 2.05) is 18.7 Å². The number of fused-ring (bicyclic) bond motifs is 1. The standard InChI is InChI=1S/C14H23ClN6/c1-10-13-14(20(4)17-10)21(12(7-15)16-13)9-11-8-18(2)5-6-19(11)3/h11H,5-9H2,1-4H3. The number of alkyl halides is 1. The van der Waals surface area contributed by atoms with Crippen LogP contribution in [-0.2, 0) is 19.5 Å². The topological polar surface area (TPSA) is 42.1 Å². The third-order valence-electron chi connectivity index (χ3n) is 4.46. The molecule has 116 valence electrons. The molecule has 0 aliphatic carbocycles. The van der Waals surface area contributed by atoms with Gasteiger partial charge in [-0.15, -0.1) is 11.6 Å². The van der Waals surface area contributed by atoms with Crippen molar-refractivity contribution in [1.29, 1.82) is 0 Å². The number of nitrogens with zero attached hydrogens (tertiary/aromatic N) is 6. The molecule has 1 unspecified atom stereocenters. The molecule has 3 heterocycles. The summed E-state index contributed by atoms with van der Waals surface area (Å²) in [5, 5.41) is 4.48. The van der Waals surface area contributed by atoms with Gasteiger partial charge in [0.05, 0.1) is 11.6 Å². The zero-order valence-electron chi connectivity index (χ0n) is 13.2. The summed E-state index contributed by atoms with van der Waals surface area (Å²) in [7, 11) is 6.35. The third-order valence-corrected chi connectivity index (χ3v) is 4.70. The number of imidazole rings is 1. The molecule has 0 saturated carbocycles. The van der Waals surface area contributed by atoms with Gasteiger partial charge in [0, 0.05) is 39.3 Å². The average Bonchev–Trinajstić information content (AvgIpc) is 2.93. The largest absolute Gasteiger partial charge is 0.310 e. The van der Waals surface area contributed by atoms with Crippen molar-refractivity contribution in [2.24, 2.45) is 7.05 Å². The van der Waals surface area contributed by atoms with Crippen molar-refractivity contribution in [2.45, 2.75) is 25.4 Å². The van der Waals surface area contributed by atoms with E-state index in [1.54, 1.807) is 0 Å². The highest BCUT2D eigenvalue weighted by atomic mass is 35.5. The SMILES string of the molecule is Cc1nn(C)c2c1nc(CCl)n2CC1CN(C)CCN1C. The lowest BCUT2D eigenvalue weighted by molar-refractivity contribution is 0.103.